The molecule has 1 aromatic carbocycles. The molecule has 0 radical (unpaired) electrons. The highest BCUT2D eigenvalue weighted by molar-refractivity contribution is 5.25. The Kier molecular flexibility index (Phi) is 3.77. The van der Waals surface area contributed by atoms with Gasteiger partial charge in [-0.2, -0.15) is 0 Å². The highest BCUT2D eigenvalue weighted by atomic mass is 15.2. The minimum Gasteiger partial charge on any atom is -0.356 e. The minimum atomic E-state index is 0.0731. The van der Waals surface area contributed by atoms with E-state index in [1.807, 2.05) is 36.0 Å². The van der Waals surface area contributed by atoms with E-state index in [-0.39, 0.29) is 6.04 Å². The zero-order valence-electron chi connectivity index (χ0n) is 10.0. The zero-order chi connectivity index (χ0) is 12.1. The molecule has 1 unspecified atom stereocenters. The van der Waals surface area contributed by atoms with Gasteiger partial charge in [-0.05, 0) is 12.0 Å². The van der Waals surface area contributed by atoms with Crippen LogP contribution < -0.4 is 11.1 Å². The number of aryl methyl sites for hydroxylation is 1. The molecule has 0 aliphatic carbocycles. The van der Waals surface area contributed by atoms with Crippen LogP contribution >= 0.6 is 0 Å². The summed E-state index contributed by atoms with van der Waals surface area (Å²) in [6, 6.07) is 10.2. The summed E-state index contributed by atoms with van der Waals surface area (Å²) in [6.07, 6.45) is 4.58. The monoisotopic (exact) mass is 230 g/mol. The molecule has 1 aromatic heterocycles. The third-order valence-electron chi connectivity index (χ3n) is 2.79. The summed E-state index contributed by atoms with van der Waals surface area (Å²) in [5, 5.41) is 3.27. The molecule has 3 N–H and O–H groups in total. The number of benzene rings is 1. The van der Waals surface area contributed by atoms with Crippen LogP contribution in [-0.2, 0) is 7.05 Å². The minimum absolute atomic E-state index is 0.0731. The van der Waals surface area contributed by atoms with Crippen molar-refractivity contribution < 1.29 is 0 Å². The molecule has 0 spiro atoms. The normalized spacial score (nSPS) is 12.4. The number of hydrogen-bond acceptors (Lipinski definition) is 3. The number of imidazole rings is 1. The molecule has 90 valence electrons. The van der Waals surface area contributed by atoms with Gasteiger partial charge in [0.05, 0.1) is 0 Å². The van der Waals surface area contributed by atoms with Crippen molar-refractivity contribution in [3.05, 3.63) is 48.3 Å². The molecule has 4 nitrogen and oxygen atoms in total. The highest BCUT2D eigenvalue weighted by Crippen LogP contribution is 2.13. The summed E-state index contributed by atoms with van der Waals surface area (Å²) < 4.78 is 1.95. The molecule has 2 rings (SSSR count). The highest BCUT2D eigenvalue weighted by Gasteiger charge is 2.05. The quantitative estimate of drug-likeness (QED) is 0.825. The van der Waals surface area contributed by atoms with Gasteiger partial charge < -0.3 is 15.6 Å². The van der Waals surface area contributed by atoms with E-state index in [0.717, 1.165) is 18.9 Å². The van der Waals surface area contributed by atoms with Gasteiger partial charge in [-0.1, -0.05) is 30.3 Å². The number of nitrogens with zero attached hydrogens (tertiary/aromatic N) is 2. The molecule has 1 heterocycles. The lowest BCUT2D eigenvalue weighted by Crippen LogP contribution is -2.16. The number of rotatable bonds is 5. The standard InChI is InChI=1S/C13H18N4/c1-17-10-9-16-13(17)15-8-7-12(14)11-5-3-2-4-6-11/h2-6,9-10,12H,7-8,14H2,1H3,(H,15,16). The van der Waals surface area contributed by atoms with Gasteiger partial charge in [-0.25, -0.2) is 4.98 Å². The number of hydrogen-bond donors (Lipinski definition) is 2. The van der Waals surface area contributed by atoms with E-state index in [1.54, 1.807) is 6.20 Å². The molecule has 0 amide bonds. The van der Waals surface area contributed by atoms with E-state index in [4.69, 9.17) is 5.73 Å². The second kappa shape index (κ2) is 5.50. The van der Waals surface area contributed by atoms with Crippen molar-refractivity contribution in [2.75, 3.05) is 11.9 Å². The van der Waals surface area contributed by atoms with E-state index in [1.165, 1.54) is 5.56 Å². The molecule has 2 aromatic rings. The average molecular weight is 230 g/mol. The summed E-state index contributed by atoms with van der Waals surface area (Å²) in [5.74, 6) is 0.880. The summed E-state index contributed by atoms with van der Waals surface area (Å²) in [4.78, 5) is 4.20. The first-order chi connectivity index (χ1) is 8.27. The van der Waals surface area contributed by atoms with Crippen LogP contribution in [0.2, 0.25) is 0 Å². The second-order valence-electron chi connectivity index (χ2n) is 4.09. The molecule has 4 heteroatoms. The van der Waals surface area contributed by atoms with E-state index < -0.39 is 0 Å². The Hall–Kier alpha value is -1.81. The molecule has 0 saturated heterocycles. The van der Waals surface area contributed by atoms with Crippen LogP contribution in [0.4, 0.5) is 5.95 Å². The van der Waals surface area contributed by atoms with Gasteiger partial charge in [-0.15, -0.1) is 0 Å². The topological polar surface area (TPSA) is 55.9 Å². The fourth-order valence-electron chi connectivity index (χ4n) is 1.74. The Morgan fingerprint density at radius 1 is 1.35 bits per heavy atom. The third kappa shape index (κ3) is 3.07. The number of nitrogens with two attached hydrogens (primary N) is 1. The first kappa shape index (κ1) is 11.7. The zero-order valence-corrected chi connectivity index (χ0v) is 10.0. The van der Waals surface area contributed by atoms with Crippen LogP contribution in [-0.4, -0.2) is 16.1 Å². The molecule has 0 aliphatic heterocycles. The number of anilines is 1. The Morgan fingerprint density at radius 2 is 2.12 bits per heavy atom. The summed E-state index contributed by atoms with van der Waals surface area (Å²) >= 11 is 0. The van der Waals surface area contributed by atoms with Crippen molar-refractivity contribution in [2.24, 2.45) is 12.8 Å². The Labute approximate surface area is 101 Å². The Morgan fingerprint density at radius 3 is 2.76 bits per heavy atom. The molecular formula is C13H18N4. The summed E-state index contributed by atoms with van der Waals surface area (Å²) in [5.41, 5.74) is 7.28. The van der Waals surface area contributed by atoms with Crippen molar-refractivity contribution in [1.29, 1.82) is 0 Å². The Balaban J connectivity index is 1.81. The number of aromatic nitrogens is 2. The van der Waals surface area contributed by atoms with Crippen LogP contribution in [0.25, 0.3) is 0 Å². The van der Waals surface area contributed by atoms with Crippen molar-refractivity contribution in [3.63, 3.8) is 0 Å². The molecule has 0 bridgehead atoms. The molecule has 17 heavy (non-hydrogen) atoms. The van der Waals surface area contributed by atoms with Gasteiger partial charge in [-0.3, -0.25) is 0 Å². The lowest BCUT2D eigenvalue weighted by atomic mass is 10.1. The second-order valence-corrected chi connectivity index (χ2v) is 4.09. The van der Waals surface area contributed by atoms with Gasteiger partial charge in [0, 0.05) is 32.0 Å². The maximum Gasteiger partial charge on any atom is 0.202 e. The van der Waals surface area contributed by atoms with Crippen molar-refractivity contribution in [2.45, 2.75) is 12.5 Å². The van der Waals surface area contributed by atoms with Crippen LogP contribution in [0.15, 0.2) is 42.7 Å². The van der Waals surface area contributed by atoms with E-state index in [2.05, 4.69) is 22.4 Å². The van der Waals surface area contributed by atoms with E-state index >= 15 is 0 Å². The first-order valence-corrected chi connectivity index (χ1v) is 5.79. The van der Waals surface area contributed by atoms with Crippen molar-refractivity contribution >= 4 is 5.95 Å². The van der Waals surface area contributed by atoms with Gasteiger partial charge >= 0.3 is 0 Å². The van der Waals surface area contributed by atoms with Crippen molar-refractivity contribution in [1.82, 2.24) is 9.55 Å². The summed E-state index contributed by atoms with van der Waals surface area (Å²) in [6.45, 7) is 0.820. The van der Waals surface area contributed by atoms with E-state index in [9.17, 15) is 0 Å². The smallest absolute Gasteiger partial charge is 0.202 e. The SMILES string of the molecule is Cn1ccnc1NCCC(N)c1ccccc1. The van der Waals surface area contributed by atoms with Crippen LogP contribution in [0, 0.1) is 0 Å². The fourth-order valence-corrected chi connectivity index (χ4v) is 1.74. The van der Waals surface area contributed by atoms with Gasteiger partial charge in [0.25, 0.3) is 0 Å². The first-order valence-electron chi connectivity index (χ1n) is 5.79. The van der Waals surface area contributed by atoms with Gasteiger partial charge in [0.1, 0.15) is 0 Å². The fraction of sp³-hybridized carbons (Fsp3) is 0.308. The summed E-state index contributed by atoms with van der Waals surface area (Å²) in [7, 11) is 1.96. The van der Waals surface area contributed by atoms with Crippen LogP contribution in [0.1, 0.15) is 18.0 Å². The predicted octanol–water partition coefficient (Wildman–Crippen LogP) is 1.92. The molecule has 0 fully saturated rings. The lowest BCUT2D eigenvalue weighted by molar-refractivity contribution is 0.671. The van der Waals surface area contributed by atoms with E-state index in [0.29, 0.717) is 0 Å². The van der Waals surface area contributed by atoms with Gasteiger partial charge in [0.15, 0.2) is 0 Å². The predicted molar refractivity (Wildman–Crippen MR) is 69.7 cm³/mol. The Bertz CT molecular complexity index is 449. The third-order valence-corrected chi connectivity index (χ3v) is 2.79. The van der Waals surface area contributed by atoms with Gasteiger partial charge in [0.2, 0.25) is 5.95 Å². The lowest BCUT2D eigenvalue weighted by Gasteiger charge is -2.12. The molecule has 1 atom stereocenters. The maximum atomic E-state index is 6.11. The van der Waals surface area contributed by atoms with Crippen LogP contribution in [0.5, 0.6) is 0 Å². The molecule has 0 saturated carbocycles. The molecule has 0 aliphatic rings. The number of nitrogens with one attached hydrogen (secondary N) is 1. The largest absolute Gasteiger partial charge is 0.356 e. The average Bonchev–Trinajstić information content (AvgIpc) is 2.76. The van der Waals surface area contributed by atoms with Crippen molar-refractivity contribution in [3.8, 4) is 0 Å². The van der Waals surface area contributed by atoms with Crippen LogP contribution in [0.3, 0.4) is 0 Å². The molecular weight excluding hydrogens is 212 g/mol. The maximum absolute atomic E-state index is 6.11.